The van der Waals surface area contributed by atoms with Crippen molar-refractivity contribution in [3.05, 3.63) is 16.3 Å². The summed E-state index contributed by atoms with van der Waals surface area (Å²) in [6.07, 6.45) is 1.05. The van der Waals surface area contributed by atoms with E-state index in [1.54, 1.807) is 0 Å². The maximum atomic E-state index is 11.7. The molecule has 0 aliphatic heterocycles. The third-order valence-corrected chi connectivity index (χ3v) is 2.63. The molecule has 1 aromatic heterocycles. The van der Waals surface area contributed by atoms with Gasteiger partial charge in [0.2, 0.25) is 0 Å². The number of Topliss-reactive ketones (excluding diaryl/α,β-unsaturated/α-hetero) is 1. The van der Waals surface area contributed by atoms with Crippen molar-refractivity contribution in [2.75, 3.05) is 6.61 Å². The summed E-state index contributed by atoms with van der Waals surface area (Å²) in [4.78, 5) is 25.0. The van der Waals surface area contributed by atoms with E-state index in [4.69, 9.17) is 4.74 Å². The van der Waals surface area contributed by atoms with Crippen LogP contribution in [0.25, 0.3) is 0 Å². The lowest BCUT2D eigenvalue weighted by Gasteiger charge is -2.12. The number of H-pyrrole nitrogens is 1. The van der Waals surface area contributed by atoms with Crippen LogP contribution >= 0.6 is 0 Å². The molecule has 1 atom stereocenters. The zero-order valence-electron chi connectivity index (χ0n) is 12.1. The van der Waals surface area contributed by atoms with Gasteiger partial charge in [0.1, 0.15) is 13.2 Å². The molecule has 0 radical (unpaired) electrons. The molecule has 0 bridgehead atoms. The number of carbonyl (C=O) groups is 1. The van der Waals surface area contributed by atoms with E-state index in [0.29, 0.717) is 24.2 Å². The molecule has 108 valence electrons. The van der Waals surface area contributed by atoms with E-state index in [-0.39, 0.29) is 24.7 Å². The van der Waals surface area contributed by atoms with Crippen molar-refractivity contribution in [2.45, 2.75) is 47.3 Å². The van der Waals surface area contributed by atoms with Crippen LogP contribution in [-0.2, 0) is 22.7 Å². The Balaban J connectivity index is 2.54. The number of ketones is 1. The summed E-state index contributed by atoms with van der Waals surface area (Å²) in [6.45, 7) is 8.66. The fourth-order valence-electron chi connectivity index (χ4n) is 2.06. The minimum Gasteiger partial charge on any atom is -0.366 e. The van der Waals surface area contributed by atoms with Crippen LogP contribution in [0, 0.1) is 11.8 Å². The Labute approximate surface area is 113 Å². The van der Waals surface area contributed by atoms with Crippen LogP contribution in [-0.4, -0.2) is 27.2 Å². The highest BCUT2D eigenvalue weighted by Gasteiger charge is 2.11. The molecule has 1 heterocycles. The summed E-state index contributed by atoms with van der Waals surface area (Å²) in [7, 11) is 0. The van der Waals surface area contributed by atoms with Crippen LogP contribution in [0.5, 0.6) is 0 Å². The fourth-order valence-corrected chi connectivity index (χ4v) is 2.06. The van der Waals surface area contributed by atoms with Gasteiger partial charge in [0, 0.05) is 6.54 Å². The monoisotopic (exact) mass is 269 g/mol. The predicted octanol–water partition coefficient (Wildman–Crippen LogP) is 1.36. The standard InChI is InChI=1S/C13H23N3O3/c1-9(2)5-10(3)6-16-13(18)14-12(15-16)8-19-7-11(4)17/h9-10H,5-8H2,1-4H3,(H,14,15,18)/t10-/m1/s1. The van der Waals surface area contributed by atoms with E-state index in [1.807, 2.05) is 0 Å². The molecule has 0 fully saturated rings. The first-order valence-electron chi connectivity index (χ1n) is 6.61. The first-order chi connectivity index (χ1) is 8.88. The van der Waals surface area contributed by atoms with E-state index in [0.717, 1.165) is 6.42 Å². The molecule has 0 aromatic carbocycles. The molecular weight excluding hydrogens is 246 g/mol. The lowest BCUT2D eigenvalue weighted by molar-refractivity contribution is -0.121. The molecule has 0 aliphatic carbocycles. The van der Waals surface area contributed by atoms with Crippen LogP contribution in [0.4, 0.5) is 0 Å². The summed E-state index contributed by atoms with van der Waals surface area (Å²) < 4.78 is 6.55. The van der Waals surface area contributed by atoms with Gasteiger partial charge in [0.05, 0.1) is 0 Å². The molecule has 0 unspecified atom stereocenters. The normalized spacial score (nSPS) is 12.9. The number of nitrogens with one attached hydrogen (secondary N) is 1. The second-order valence-electron chi connectivity index (χ2n) is 5.49. The number of hydrogen-bond acceptors (Lipinski definition) is 4. The van der Waals surface area contributed by atoms with Crippen LogP contribution in [0.15, 0.2) is 4.79 Å². The highest BCUT2D eigenvalue weighted by atomic mass is 16.5. The zero-order valence-corrected chi connectivity index (χ0v) is 12.1. The maximum Gasteiger partial charge on any atom is 0.343 e. The van der Waals surface area contributed by atoms with Crippen LogP contribution in [0.1, 0.15) is 39.9 Å². The van der Waals surface area contributed by atoms with Gasteiger partial charge in [0.25, 0.3) is 0 Å². The topological polar surface area (TPSA) is 77.0 Å². The van der Waals surface area contributed by atoms with Gasteiger partial charge in [-0.15, -0.1) is 0 Å². The summed E-state index contributed by atoms with van der Waals surface area (Å²) in [5.41, 5.74) is -0.225. The molecule has 6 heteroatoms. The van der Waals surface area contributed by atoms with Crippen molar-refractivity contribution in [3.8, 4) is 0 Å². The third kappa shape index (κ3) is 5.83. The average molecular weight is 269 g/mol. The lowest BCUT2D eigenvalue weighted by Crippen LogP contribution is -2.22. The molecule has 1 rings (SSSR count). The van der Waals surface area contributed by atoms with Crippen LogP contribution < -0.4 is 5.69 Å². The van der Waals surface area contributed by atoms with Crippen molar-refractivity contribution < 1.29 is 9.53 Å². The van der Waals surface area contributed by atoms with E-state index in [1.165, 1.54) is 11.6 Å². The molecular formula is C13H23N3O3. The van der Waals surface area contributed by atoms with Gasteiger partial charge >= 0.3 is 5.69 Å². The predicted molar refractivity (Wildman–Crippen MR) is 71.8 cm³/mol. The van der Waals surface area contributed by atoms with E-state index in [9.17, 15) is 9.59 Å². The summed E-state index contributed by atoms with van der Waals surface area (Å²) in [5, 5.41) is 4.17. The van der Waals surface area contributed by atoms with E-state index < -0.39 is 0 Å². The Kier molecular flexibility index (Phi) is 5.95. The Morgan fingerprint density at radius 1 is 1.42 bits per heavy atom. The molecule has 6 nitrogen and oxygen atoms in total. The zero-order chi connectivity index (χ0) is 14.4. The van der Waals surface area contributed by atoms with Crippen molar-refractivity contribution in [2.24, 2.45) is 11.8 Å². The number of hydrogen-bond donors (Lipinski definition) is 1. The van der Waals surface area contributed by atoms with Gasteiger partial charge in [-0.3, -0.25) is 9.78 Å². The highest BCUT2D eigenvalue weighted by Crippen LogP contribution is 2.11. The molecule has 1 N–H and O–H groups in total. The maximum absolute atomic E-state index is 11.7. The van der Waals surface area contributed by atoms with Crippen molar-refractivity contribution in [3.63, 3.8) is 0 Å². The number of aromatic amines is 1. The minimum absolute atomic E-state index is 0.0403. The van der Waals surface area contributed by atoms with Gasteiger partial charge in [0.15, 0.2) is 11.6 Å². The number of ether oxygens (including phenoxy) is 1. The van der Waals surface area contributed by atoms with Crippen LogP contribution in [0.3, 0.4) is 0 Å². The van der Waals surface area contributed by atoms with E-state index >= 15 is 0 Å². The summed E-state index contributed by atoms with van der Waals surface area (Å²) in [5.74, 6) is 1.41. The largest absolute Gasteiger partial charge is 0.366 e. The molecule has 1 aromatic rings. The first kappa shape index (κ1) is 15.6. The third-order valence-electron chi connectivity index (χ3n) is 2.63. The van der Waals surface area contributed by atoms with Crippen molar-refractivity contribution in [1.29, 1.82) is 0 Å². The molecule has 0 aliphatic rings. The van der Waals surface area contributed by atoms with Gasteiger partial charge < -0.3 is 4.74 Å². The Hall–Kier alpha value is -1.43. The fraction of sp³-hybridized carbons (Fsp3) is 0.769. The van der Waals surface area contributed by atoms with Crippen molar-refractivity contribution in [1.82, 2.24) is 14.8 Å². The second-order valence-corrected chi connectivity index (χ2v) is 5.49. The first-order valence-corrected chi connectivity index (χ1v) is 6.61. The second kappa shape index (κ2) is 7.23. The SMILES string of the molecule is CC(=O)COCc1nn(C[C@H](C)CC(C)C)c(=O)[nH]1. The van der Waals surface area contributed by atoms with Gasteiger partial charge in [-0.1, -0.05) is 20.8 Å². The van der Waals surface area contributed by atoms with Crippen LogP contribution in [0.2, 0.25) is 0 Å². The van der Waals surface area contributed by atoms with Gasteiger partial charge in [-0.05, 0) is 25.2 Å². The average Bonchev–Trinajstić information content (AvgIpc) is 2.57. The number of carbonyl (C=O) groups excluding carboxylic acids is 1. The summed E-state index contributed by atoms with van der Waals surface area (Å²) in [6, 6.07) is 0. The number of aromatic nitrogens is 3. The lowest BCUT2D eigenvalue weighted by atomic mass is 9.99. The van der Waals surface area contributed by atoms with Gasteiger partial charge in [-0.2, -0.15) is 5.10 Å². The molecule has 0 saturated carbocycles. The highest BCUT2D eigenvalue weighted by molar-refractivity contribution is 5.76. The quantitative estimate of drug-likeness (QED) is 0.773. The molecule has 19 heavy (non-hydrogen) atoms. The molecule has 0 amide bonds. The Morgan fingerprint density at radius 2 is 2.11 bits per heavy atom. The number of nitrogens with zero attached hydrogens (tertiary/aromatic N) is 2. The van der Waals surface area contributed by atoms with E-state index in [2.05, 4.69) is 30.9 Å². The molecule has 0 spiro atoms. The Bertz CT molecular complexity index is 462. The van der Waals surface area contributed by atoms with Crippen molar-refractivity contribution >= 4 is 5.78 Å². The Morgan fingerprint density at radius 3 is 2.68 bits per heavy atom. The van der Waals surface area contributed by atoms with Gasteiger partial charge in [-0.25, -0.2) is 9.48 Å². The smallest absolute Gasteiger partial charge is 0.343 e. The molecule has 0 saturated heterocycles. The minimum atomic E-state index is -0.225. The summed E-state index contributed by atoms with van der Waals surface area (Å²) >= 11 is 0. The number of rotatable bonds is 8.